The molecular formula is C32H35N5O2. The molecule has 2 aromatic heterocycles. The van der Waals surface area contributed by atoms with Crippen LogP contribution in [0.3, 0.4) is 0 Å². The van der Waals surface area contributed by atoms with Gasteiger partial charge in [-0.1, -0.05) is 61.2 Å². The van der Waals surface area contributed by atoms with Gasteiger partial charge in [0.25, 0.3) is 5.56 Å². The molecule has 1 fully saturated rings. The van der Waals surface area contributed by atoms with E-state index in [0.29, 0.717) is 10.9 Å². The van der Waals surface area contributed by atoms with Gasteiger partial charge in [-0.2, -0.15) is 0 Å². The Hall–Kier alpha value is -4.07. The molecule has 1 amide bonds. The molecule has 5 rings (SSSR count). The number of nitrogens with one attached hydrogen (secondary N) is 3. The Balaban J connectivity index is 1.17. The number of fused-ring (bicyclic) bond motifs is 1. The van der Waals surface area contributed by atoms with Crippen molar-refractivity contribution in [3.8, 4) is 22.4 Å². The molecule has 1 aliphatic heterocycles. The predicted octanol–water partition coefficient (Wildman–Crippen LogP) is 4.50. The van der Waals surface area contributed by atoms with Crippen molar-refractivity contribution in [1.29, 1.82) is 0 Å². The summed E-state index contributed by atoms with van der Waals surface area (Å²) < 4.78 is 0. The summed E-state index contributed by atoms with van der Waals surface area (Å²) >= 11 is 0. The van der Waals surface area contributed by atoms with Crippen molar-refractivity contribution in [2.24, 2.45) is 0 Å². The second-order valence-electron chi connectivity index (χ2n) is 10.0. The van der Waals surface area contributed by atoms with Gasteiger partial charge in [-0.25, -0.2) is 4.98 Å². The first-order valence-corrected chi connectivity index (χ1v) is 13.6. The van der Waals surface area contributed by atoms with Crippen LogP contribution in [0.2, 0.25) is 0 Å². The summed E-state index contributed by atoms with van der Waals surface area (Å²) in [5.74, 6) is -0.0764. The molecule has 0 radical (unpaired) electrons. The Kier molecular flexibility index (Phi) is 8.61. The number of benzene rings is 2. The average molecular weight is 522 g/mol. The Morgan fingerprint density at radius 1 is 1.05 bits per heavy atom. The molecule has 0 unspecified atom stereocenters. The van der Waals surface area contributed by atoms with Crippen molar-refractivity contribution in [2.45, 2.75) is 31.8 Å². The number of amides is 1. The largest absolute Gasteiger partial charge is 0.350 e. The SMILES string of the molecule is C=CC(=O)NC1CCN(CCCNCc2ccc(-c3nc4cc[nH]c(=O)c4cc3-c3ccccc3)cc2)CC1. The van der Waals surface area contributed by atoms with Crippen molar-refractivity contribution in [3.05, 3.63) is 101 Å². The average Bonchev–Trinajstić information content (AvgIpc) is 2.98. The Morgan fingerprint density at radius 3 is 2.56 bits per heavy atom. The highest BCUT2D eigenvalue weighted by Gasteiger charge is 2.19. The zero-order valence-electron chi connectivity index (χ0n) is 22.2. The molecule has 1 aliphatic rings. The van der Waals surface area contributed by atoms with E-state index < -0.39 is 0 Å². The summed E-state index contributed by atoms with van der Waals surface area (Å²) in [6, 6.07) is 22.6. The number of likely N-dealkylation sites (tertiary alicyclic amines) is 1. The van der Waals surface area contributed by atoms with E-state index in [1.54, 1.807) is 6.20 Å². The number of carbonyl (C=O) groups is 1. The summed E-state index contributed by atoms with van der Waals surface area (Å²) in [6.07, 6.45) is 6.06. The minimum absolute atomic E-state index is 0.0764. The smallest absolute Gasteiger partial charge is 0.257 e. The second kappa shape index (κ2) is 12.7. The molecule has 4 aromatic rings. The highest BCUT2D eigenvalue weighted by Crippen LogP contribution is 2.32. The lowest BCUT2D eigenvalue weighted by Crippen LogP contribution is -2.44. The number of hydrogen-bond donors (Lipinski definition) is 3. The number of piperidine rings is 1. The van der Waals surface area contributed by atoms with Crippen molar-refractivity contribution in [1.82, 2.24) is 25.5 Å². The molecule has 0 aliphatic carbocycles. The standard InChI is InChI=1S/C32H35N5O2/c1-2-30(38)35-26-14-19-37(20-15-26)18-6-16-33-22-23-9-11-25(12-10-23)31-27(24-7-4-3-5-8-24)21-28-29(36-31)13-17-34-32(28)39/h2-5,7-13,17,21,26,33H,1,6,14-16,18-20,22H2,(H,34,39)(H,35,38). The van der Waals surface area contributed by atoms with E-state index >= 15 is 0 Å². The van der Waals surface area contributed by atoms with Crippen LogP contribution in [0, 0.1) is 0 Å². The van der Waals surface area contributed by atoms with Gasteiger partial charge in [-0.05, 0) is 61.7 Å². The molecule has 39 heavy (non-hydrogen) atoms. The van der Waals surface area contributed by atoms with Crippen molar-refractivity contribution in [3.63, 3.8) is 0 Å². The van der Waals surface area contributed by atoms with Crippen LogP contribution in [0.25, 0.3) is 33.3 Å². The number of aromatic amines is 1. The van der Waals surface area contributed by atoms with E-state index in [2.05, 4.69) is 51.4 Å². The first kappa shape index (κ1) is 26.5. The first-order valence-electron chi connectivity index (χ1n) is 13.6. The predicted molar refractivity (Wildman–Crippen MR) is 157 cm³/mol. The van der Waals surface area contributed by atoms with E-state index in [1.165, 1.54) is 11.6 Å². The summed E-state index contributed by atoms with van der Waals surface area (Å²) in [7, 11) is 0. The van der Waals surface area contributed by atoms with E-state index in [-0.39, 0.29) is 17.5 Å². The van der Waals surface area contributed by atoms with E-state index in [4.69, 9.17) is 4.98 Å². The van der Waals surface area contributed by atoms with Crippen LogP contribution in [-0.2, 0) is 11.3 Å². The third kappa shape index (κ3) is 6.69. The van der Waals surface area contributed by atoms with Gasteiger partial charge in [0.15, 0.2) is 0 Å². The van der Waals surface area contributed by atoms with Gasteiger partial charge < -0.3 is 20.5 Å². The molecule has 1 saturated heterocycles. The lowest BCUT2D eigenvalue weighted by molar-refractivity contribution is -0.117. The highest BCUT2D eigenvalue weighted by molar-refractivity contribution is 5.91. The number of rotatable bonds is 10. The molecule has 0 spiro atoms. The Morgan fingerprint density at radius 2 is 1.82 bits per heavy atom. The number of carbonyl (C=O) groups excluding carboxylic acids is 1. The highest BCUT2D eigenvalue weighted by atomic mass is 16.1. The summed E-state index contributed by atoms with van der Waals surface area (Å²) in [4.78, 5) is 34.0. The number of aromatic nitrogens is 2. The monoisotopic (exact) mass is 521 g/mol. The van der Waals surface area contributed by atoms with Crippen LogP contribution in [0.5, 0.6) is 0 Å². The van der Waals surface area contributed by atoms with Crippen molar-refractivity contribution >= 4 is 16.8 Å². The van der Waals surface area contributed by atoms with Gasteiger partial charge in [0, 0.05) is 43.0 Å². The van der Waals surface area contributed by atoms with Crippen LogP contribution in [0.4, 0.5) is 0 Å². The topological polar surface area (TPSA) is 90.1 Å². The van der Waals surface area contributed by atoms with Crippen LogP contribution >= 0.6 is 0 Å². The van der Waals surface area contributed by atoms with Crippen molar-refractivity contribution in [2.75, 3.05) is 26.2 Å². The fourth-order valence-corrected chi connectivity index (χ4v) is 5.17. The summed E-state index contributed by atoms with van der Waals surface area (Å²) in [6.45, 7) is 8.38. The molecule has 7 nitrogen and oxygen atoms in total. The molecule has 0 atom stereocenters. The normalized spacial score (nSPS) is 14.4. The quantitative estimate of drug-likeness (QED) is 0.211. The number of H-pyrrole nitrogens is 1. The maximum atomic E-state index is 12.4. The zero-order chi connectivity index (χ0) is 27.0. The van der Waals surface area contributed by atoms with Crippen LogP contribution in [0.15, 0.2) is 90.4 Å². The van der Waals surface area contributed by atoms with Gasteiger partial charge in [-0.3, -0.25) is 9.59 Å². The van der Waals surface area contributed by atoms with Gasteiger partial charge >= 0.3 is 0 Å². The van der Waals surface area contributed by atoms with Gasteiger partial charge in [0.05, 0.1) is 16.6 Å². The molecule has 7 heteroatoms. The van der Waals surface area contributed by atoms with Gasteiger partial charge in [-0.15, -0.1) is 0 Å². The fraction of sp³-hybridized carbons (Fsp3) is 0.281. The minimum atomic E-state index is -0.133. The first-order chi connectivity index (χ1) is 19.1. The summed E-state index contributed by atoms with van der Waals surface area (Å²) in [5.41, 5.74) is 5.63. The molecule has 0 saturated carbocycles. The fourth-order valence-electron chi connectivity index (χ4n) is 5.17. The lowest BCUT2D eigenvalue weighted by Gasteiger charge is -2.32. The Bertz CT molecular complexity index is 1470. The molecule has 200 valence electrons. The zero-order valence-corrected chi connectivity index (χ0v) is 22.2. The van der Waals surface area contributed by atoms with Crippen LogP contribution < -0.4 is 16.2 Å². The maximum absolute atomic E-state index is 12.4. The van der Waals surface area contributed by atoms with Gasteiger partial charge in [0.2, 0.25) is 5.91 Å². The second-order valence-corrected chi connectivity index (χ2v) is 10.0. The van der Waals surface area contributed by atoms with Crippen LogP contribution in [-0.4, -0.2) is 53.0 Å². The van der Waals surface area contributed by atoms with E-state index in [1.807, 2.05) is 42.5 Å². The van der Waals surface area contributed by atoms with E-state index in [9.17, 15) is 9.59 Å². The Labute approximate surface area is 229 Å². The van der Waals surface area contributed by atoms with Gasteiger partial charge in [0.1, 0.15) is 0 Å². The molecule has 2 aromatic carbocycles. The minimum Gasteiger partial charge on any atom is -0.350 e. The third-order valence-corrected chi connectivity index (χ3v) is 7.34. The lowest BCUT2D eigenvalue weighted by atomic mass is 9.97. The molecule has 3 N–H and O–H groups in total. The van der Waals surface area contributed by atoms with Crippen LogP contribution in [0.1, 0.15) is 24.8 Å². The molecule has 3 heterocycles. The van der Waals surface area contributed by atoms with E-state index in [0.717, 1.165) is 74.4 Å². The molecule has 0 bridgehead atoms. The summed E-state index contributed by atoms with van der Waals surface area (Å²) in [5, 5.41) is 7.16. The van der Waals surface area contributed by atoms with Crippen molar-refractivity contribution < 1.29 is 4.79 Å². The molecular weight excluding hydrogens is 486 g/mol. The number of pyridine rings is 2. The third-order valence-electron chi connectivity index (χ3n) is 7.34. The number of hydrogen-bond acceptors (Lipinski definition) is 5. The maximum Gasteiger partial charge on any atom is 0.257 e. The number of nitrogens with zero attached hydrogens (tertiary/aromatic N) is 2.